The van der Waals surface area contributed by atoms with E-state index < -0.39 is 5.82 Å². The largest absolute Gasteiger partial charge is 0.352 e. The van der Waals surface area contributed by atoms with Gasteiger partial charge in [-0.2, -0.15) is 5.10 Å². The van der Waals surface area contributed by atoms with Crippen molar-refractivity contribution in [2.45, 2.75) is 45.1 Å². The molecular formula is C21H26ClFN4O. The van der Waals surface area contributed by atoms with Gasteiger partial charge in [0.1, 0.15) is 5.82 Å². The fourth-order valence-electron chi connectivity index (χ4n) is 4.66. The van der Waals surface area contributed by atoms with E-state index in [2.05, 4.69) is 15.3 Å². The number of amides is 1. The number of piperidine rings is 2. The molecule has 2 fully saturated rings. The molecule has 7 heteroatoms. The highest BCUT2D eigenvalue weighted by Gasteiger charge is 2.33. The Balaban J connectivity index is 1.45. The van der Waals surface area contributed by atoms with Gasteiger partial charge >= 0.3 is 0 Å². The molecule has 3 heterocycles. The van der Waals surface area contributed by atoms with Crippen molar-refractivity contribution >= 4 is 17.5 Å². The molecule has 2 aromatic rings. The molecule has 2 aliphatic heterocycles. The third-order valence-electron chi connectivity index (χ3n) is 6.14. The molecule has 5 nitrogen and oxygen atoms in total. The number of halogens is 2. The van der Waals surface area contributed by atoms with Gasteiger partial charge in [0.05, 0.1) is 28.2 Å². The van der Waals surface area contributed by atoms with Crippen LogP contribution < -0.4 is 5.32 Å². The van der Waals surface area contributed by atoms with E-state index in [0.29, 0.717) is 40.5 Å². The van der Waals surface area contributed by atoms with Crippen molar-refractivity contribution in [2.75, 3.05) is 19.6 Å². The van der Waals surface area contributed by atoms with Gasteiger partial charge in [0, 0.05) is 18.7 Å². The SMILES string of the molecule is Cc1c(C(=O)NC[C@@H]2CCCN3CCCC[C@H]23)cnn1-c1cc(F)ccc1Cl. The zero-order valence-corrected chi connectivity index (χ0v) is 16.9. The van der Waals surface area contributed by atoms with Crippen molar-refractivity contribution in [2.24, 2.45) is 5.92 Å². The Bertz CT molecular complexity index is 866. The molecule has 0 radical (unpaired) electrons. The van der Waals surface area contributed by atoms with Gasteiger partial charge in [0.15, 0.2) is 0 Å². The molecular weight excluding hydrogens is 379 g/mol. The van der Waals surface area contributed by atoms with E-state index in [0.717, 1.165) is 0 Å². The van der Waals surface area contributed by atoms with E-state index in [-0.39, 0.29) is 5.91 Å². The minimum Gasteiger partial charge on any atom is -0.352 e. The molecule has 150 valence electrons. The summed E-state index contributed by atoms with van der Waals surface area (Å²) in [6.07, 6.45) is 7.70. The molecule has 4 rings (SSSR count). The van der Waals surface area contributed by atoms with Gasteiger partial charge in [0.2, 0.25) is 0 Å². The van der Waals surface area contributed by atoms with E-state index in [4.69, 9.17) is 11.6 Å². The maximum absolute atomic E-state index is 13.6. The van der Waals surface area contributed by atoms with Gasteiger partial charge in [-0.25, -0.2) is 9.07 Å². The van der Waals surface area contributed by atoms with Gasteiger partial charge in [-0.15, -0.1) is 0 Å². The lowest BCUT2D eigenvalue weighted by Gasteiger charge is -2.44. The lowest BCUT2D eigenvalue weighted by molar-refractivity contribution is 0.0575. The van der Waals surface area contributed by atoms with Crippen LogP contribution in [0.2, 0.25) is 5.02 Å². The Morgan fingerprint density at radius 2 is 2.11 bits per heavy atom. The summed E-state index contributed by atoms with van der Waals surface area (Å²) < 4.78 is 15.1. The molecule has 1 aromatic carbocycles. The maximum Gasteiger partial charge on any atom is 0.254 e. The van der Waals surface area contributed by atoms with Crippen molar-refractivity contribution in [1.82, 2.24) is 20.0 Å². The van der Waals surface area contributed by atoms with E-state index in [1.165, 1.54) is 74.3 Å². The van der Waals surface area contributed by atoms with Crippen LogP contribution in [-0.2, 0) is 0 Å². The summed E-state index contributed by atoms with van der Waals surface area (Å²) in [4.78, 5) is 15.4. The first-order valence-electron chi connectivity index (χ1n) is 10.1. The Morgan fingerprint density at radius 3 is 2.96 bits per heavy atom. The normalized spacial score (nSPS) is 22.7. The fourth-order valence-corrected chi connectivity index (χ4v) is 4.86. The first-order chi connectivity index (χ1) is 13.5. The highest BCUT2D eigenvalue weighted by Crippen LogP contribution is 2.30. The molecule has 1 amide bonds. The summed E-state index contributed by atoms with van der Waals surface area (Å²) in [5.41, 5.74) is 1.58. The lowest BCUT2D eigenvalue weighted by Crippen LogP contribution is -2.51. The molecule has 0 unspecified atom stereocenters. The minimum atomic E-state index is -0.394. The zero-order chi connectivity index (χ0) is 19.7. The predicted octanol–water partition coefficient (Wildman–Crippen LogP) is 3.97. The number of nitrogens with one attached hydrogen (secondary N) is 1. The van der Waals surface area contributed by atoms with Gasteiger partial charge in [-0.1, -0.05) is 18.0 Å². The Morgan fingerprint density at radius 1 is 1.29 bits per heavy atom. The van der Waals surface area contributed by atoms with Gasteiger partial charge < -0.3 is 10.2 Å². The maximum atomic E-state index is 13.6. The Hall–Kier alpha value is -1.92. The molecule has 28 heavy (non-hydrogen) atoms. The third kappa shape index (κ3) is 3.80. The molecule has 2 atom stereocenters. The molecule has 2 aliphatic rings. The van der Waals surface area contributed by atoms with Crippen LogP contribution in [0.4, 0.5) is 4.39 Å². The standard InChI is InChI=1S/C21H26ClFN4O/c1-14-17(13-25-27(14)20-11-16(23)7-8-18(20)22)21(28)24-12-15-5-4-10-26-9-3-2-6-19(15)26/h7-8,11,13,15,19H,2-6,9-10,12H2,1H3,(H,24,28)/t15-,19+/m0/s1. The van der Waals surface area contributed by atoms with Crippen molar-refractivity contribution in [3.8, 4) is 5.69 Å². The second-order valence-electron chi connectivity index (χ2n) is 7.86. The fraction of sp³-hybridized carbons (Fsp3) is 0.524. The number of aromatic nitrogens is 2. The Kier molecular flexibility index (Phi) is 5.69. The van der Waals surface area contributed by atoms with Crippen LogP contribution in [0.15, 0.2) is 24.4 Å². The number of rotatable bonds is 4. The summed E-state index contributed by atoms with van der Waals surface area (Å²) in [7, 11) is 0. The van der Waals surface area contributed by atoms with Crippen LogP contribution in [-0.4, -0.2) is 46.3 Å². The number of carbonyl (C=O) groups is 1. The van der Waals surface area contributed by atoms with Crippen LogP contribution in [0.1, 0.15) is 48.2 Å². The van der Waals surface area contributed by atoms with E-state index in [1.54, 1.807) is 6.92 Å². The quantitative estimate of drug-likeness (QED) is 0.838. The Labute approximate surface area is 169 Å². The molecule has 1 aromatic heterocycles. The van der Waals surface area contributed by atoms with Crippen molar-refractivity contribution < 1.29 is 9.18 Å². The predicted molar refractivity (Wildman–Crippen MR) is 108 cm³/mol. The molecule has 2 saturated heterocycles. The van der Waals surface area contributed by atoms with Crippen molar-refractivity contribution in [3.05, 3.63) is 46.5 Å². The average Bonchev–Trinajstić information content (AvgIpc) is 3.09. The number of nitrogens with zero attached hydrogens (tertiary/aromatic N) is 3. The monoisotopic (exact) mass is 404 g/mol. The number of carbonyl (C=O) groups excluding carboxylic acids is 1. The number of hydrogen-bond donors (Lipinski definition) is 1. The number of hydrogen-bond acceptors (Lipinski definition) is 3. The first kappa shape index (κ1) is 19.4. The van der Waals surface area contributed by atoms with Gasteiger partial charge in [-0.3, -0.25) is 4.79 Å². The minimum absolute atomic E-state index is 0.135. The summed E-state index contributed by atoms with van der Waals surface area (Å²) in [6, 6.07) is 4.71. The molecule has 0 spiro atoms. The first-order valence-corrected chi connectivity index (χ1v) is 10.4. The topological polar surface area (TPSA) is 50.2 Å². The van der Waals surface area contributed by atoms with Gasteiger partial charge in [0.25, 0.3) is 5.91 Å². The smallest absolute Gasteiger partial charge is 0.254 e. The zero-order valence-electron chi connectivity index (χ0n) is 16.1. The summed E-state index contributed by atoms with van der Waals surface area (Å²) in [6.45, 7) is 4.86. The van der Waals surface area contributed by atoms with Crippen LogP contribution in [0.5, 0.6) is 0 Å². The molecule has 1 N–H and O–H groups in total. The average molecular weight is 405 g/mol. The van der Waals surface area contributed by atoms with Crippen LogP contribution in [0.25, 0.3) is 5.69 Å². The second-order valence-corrected chi connectivity index (χ2v) is 8.27. The molecule has 0 saturated carbocycles. The van der Waals surface area contributed by atoms with Crippen LogP contribution in [0.3, 0.4) is 0 Å². The highest BCUT2D eigenvalue weighted by atomic mass is 35.5. The van der Waals surface area contributed by atoms with Crippen LogP contribution >= 0.6 is 11.6 Å². The van der Waals surface area contributed by atoms with Crippen molar-refractivity contribution in [3.63, 3.8) is 0 Å². The molecule has 0 aliphatic carbocycles. The van der Waals surface area contributed by atoms with E-state index in [1.807, 2.05) is 0 Å². The van der Waals surface area contributed by atoms with Gasteiger partial charge in [-0.05, 0) is 63.7 Å². The second kappa shape index (κ2) is 8.21. The van der Waals surface area contributed by atoms with E-state index in [9.17, 15) is 9.18 Å². The summed E-state index contributed by atoms with van der Waals surface area (Å²) in [5, 5.41) is 7.76. The third-order valence-corrected chi connectivity index (χ3v) is 6.46. The number of fused-ring (bicyclic) bond motifs is 1. The summed E-state index contributed by atoms with van der Waals surface area (Å²) >= 11 is 6.19. The van der Waals surface area contributed by atoms with Crippen LogP contribution in [0, 0.1) is 18.7 Å². The lowest BCUT2D eigenvalue weighted by atomic mass is 9.83. The number of benzene rings is 1. The summed E-state index contributed by atoms with van der Waals surface area (Å²) in [5.74, 6) is -0.0233. The highest BCUT2D eigenvalue weighted by molar-refractivity contribution is 6.32. The van der Waals surface area contributed by atoms with Crippen molar-refractivity contribution in [1.29, 1.82) is 0 Å². The molecule has 0 bridgehead atoms. The van der Waals surface area contributed by atoms with E-state index >= 15 is 0 Å².